The smallest absolute Gasteiger partial charge is 0.256 e. The molecule has 2 aromatic carbocycles. The first-order chi connectivity index (χ1) is 11.9. The summed E-state index contributed by atoms with van der Waals surface area (Å²) in [7, 11) is 0. The number of aromatic nitrogens is 1. The van der Waals surface area contributed by atoms with Gasteiger partial charge in [0.1, 0.15) is 5.69 Å². The number of aliphatic hydroxyl groups is 1. The number of nitrogens with zero attached hydrogens (tertiary/aromatic N) is 1. The van der Waals surface area contributed by atoms with Gasteiger partial charge in [0.15, 0.2) is 5.76 Å². The van der Waals surface area contributed by atoms with Crippen LogP contribution < -0.4 is 0 Å². The third-order valence-electron chi connectivity index (χ3n) is 3.72. The van der Waals surface area contributed by atoms with Crippen LogP contribution in [0.5, 0.6) is 0 Å². The highest BCUT2D eigenvalue weighted by Gasteiger charge is 2.16. The molecule has 0 bridgehead atoms. The quantitative estimate of drug-likeness (QED) is 0.449. The van der Waals surface area contributed by atoms with E-state index >= 15 is 0 Å². The second-order valence-corrected chi connectivity index (χ2v) is 6.57. The molecule has 124 valence electrons. The Bertz CT molecular complexity index is 684. The first-order valence-corrected chi connectivity index (χ1v) is 9.22. The average molecular weight is 339 g/mol. The number of rotatable bonds is 8. The molecule has 0 saturated carbocycles. The summed E-state index contributed by atoms with van der Waals surface area (Å²) in [5.41, 5.74) is 2.99. The molecule has 3 rings (SSSR count). The number of thioether (sulfide) groups is 1. The summed E-state index contributed by atoms with van der Waals surface area (Å²) >= 11 is 1.64. The lowest BCUT2D eigenvalue weighted by atomic mass is 10.1. The molecule has 0 saturated heterocycles. The molecule has 0 aliphatic carbocycles. The molecule has 3 nitrogen and oxygen atoms in total. The van der Waals surface area contributed by atoms with Gasteiger partial charge in [0.25, 0.3) is 5.22 Å². The molecule has 0 atom stereocenters. The molecule has 0 unspecified atom stereocenters. The number of oxazole rings is 1. The van der Waals surface area contributed by atoms with Crippen LogP contribution in [0.4, 0.5) is 0 Å². The Labute approximate surface area is 146 Å². The van der Waals surface area contributed by atoms with Gasteiger partial charge in [-0.3, -0.25) is 0 Å². The van der Waals surface area contributed by atoms with Crippen molar-refractivity contribution in [1.82, 2.24) is 4.98 Å². The maximum Gasteiger partial charge on any atom is 0.256 e. The number of aliphatic hydroxyl groups excluding tert-OH is 1. The molecule has 0 radical (unpaired) electrons. The topological polar surface area (TPSA) is 46.3 Å². The molecule has 0 fully saturated rings. The lowest BCUT2D eigenvalue weighted by Gasteiger charge is -2.00. The van der Waals surface area contributed by atoms with Gasteiger partial charge >= 0.3 is 0 Å². The minimum atomic E-state index is 0.264. The van der Waals surface area contributed by atoms with Gasteiger partial charge < -0.3 is 9.52 Å². The van der Waals surface area contributed by atoms with Crippen LogP contribution in [0.1, 0.15) is 19.3 Å². The zero-order valence-electron chi connectivity index (χ0n) is 13.5. The van der Waals surface area contributed by atoms with Crippen molar-refractivity contribution in [3.05, 3.63) is 60.7 Å². The van der Waals surface area contributed by atoms with Crippen LogP contribution in [0, 0.1) is 0 Å². The van der Waals surface area contributed by atoms with Gasteiger partial charge in [0.2, 0.25) is 0 Å². The molecule has 1 N–H and O–H groups in total. The lowest BCUT2D eigenvalue weighted by molar-refractivity contribution is 0.284. The van der Waals surface area contributed by atoms with E-state index in [9.17, 15) is 0 Å². The van der Waals surface area contributed by atoms with E-state index in [1.165, 1.54) is 0 Å². The van der Waals surface area contributed by atoms with Crippen LogP contribution in [0.2, 0.25) is 0 Å². The fourth-order valence-electron chi connectivity index (χ4n) is 2.49. The Hall–Kier alpha value is -2.04. The minimum Gasteiger partial charge on any atom is -0.431 e. The summed E-state index contributed by atoms with van der Waals surface area (Å²) < 4.78 is 6.06. The van der Waals surface area contributed by atoms with Gasteiger partial charge in [-0.05, 0) is 12.8 Å². The second kappa shape index (κ2) is 8.71. The lowest BCUT2D eigenvalue weighted by Crippen LogP contribution is -1.85. The van der Waals surface area contributed by atoms with Crippen molar-refractivity contribution < 1.29 is 9.52 Å². The highest BCUT2D eigenvalue weighted by atomic mass is 32.2. The van der Waals surface area contributed by atoms with E-state index in [4.69, 9.17) is 14.5 Å². The molecule has 3 aromatic rings. The SMILES string of the molecule is OCCCCCSc1nc(-c2ccccc2)c(-c2ccccc2)o1. The van der Waals surface area contributed by atoms with Gasteiger partial charge in [-0.15, -0.1) is 0 Å². The maximum absolute atomic E-state index is 8.84. The predicted molar refractivity (Wildman–Crippen MR) is 99.0 cm³/mol. The van der Waals surface area contributed by atoms with Gasteiger partial charge in [-0.25, -0.2) is 4.98 Å². The summed E-state index contributed by atoms with van der Waals surface area (Å²) in [4.78, 5) is 4.72. The first kappa shape index (κ1) is 16.8. The van der Waals surface area contributed by atoms with Crippen molar-refractivity contribution in [2.75, 3.05) is 12.4 Å². The Kier molecular flexibility index (Phi) is 6.10. The summed E-state index contributed by atoms with van der Waals surface area (Å²) in [6.45, 7) is 0.264. The molecule has 24 heavy (non-hydrogen) atoms. The number of benzene rings is 2. The molecule has 4 heteroatoms. The largest absolute Gasteiger partial charge is 0.431 e. The molecule has 0 aliphatic heterocycles. The van der Waals surface area contributed by atoms with Crippen LogP contribution in [0.15, 0.2) is 70.3 Å². The molecular weight excluding hydrogens is 318 g/mol. The maximum atomic E-state index is 8.84. The van der Waals surface area contributed by atoms with Gasteiger partial charge in [0, 0.05) is 23.5 Å². The Morgan fingerprint density at radius 1 is 0.833 bits per heavy atom. The number of unbranched alkanes of at least 4 members (excludes halogenated alkanes) is 2. The van der Waals surface area contributed by atoms with Gasteiger partial charge in [-0.1, -0.05) is 78.8 Å². The summed E-state index contributed by atoms with van der Waals surface area (Å²) in [5.74, 6) is 1.77. The zero-order valence-corrected chi connectivity index (χ0v) is 14.3. The summed E-state index contributed by atoms with van der Waals surface area (Å²) in [6, 6.07) is 20.2. The normalized spacial score (nSPS) is 10.9. The zero-order chi connectivity index (χ0) is 16.6. The van der Waals surface area contributed by atoms with E-state index < -0.39 is 0 Å². The third kappa shape index (κ3) is 4.28. The van der Waals surface area contributed by atoms with E-state index in [-0.39, 0.29) is 6.61 Å². The average Bonchev–Trinajstić information content (AvgIpc) is 3.07. The molecular formula is C20H21NO2S. The van der Waals surface area contributed by atoms with Crippen molar-refractivity contribution in [3.8, 4) is 22.6 Å². The second-order valence-electron chi connectivity index (χ2n) is 5.52. The van der Waals surface area contributed by atoms with Crippen LogP contribution in [-0.2, 0) is 0 Å². The molecule has 0 spiro atoms. The summed E-state index contributed by atoms with van der Waals surface area (Å²) in [6.07, 6.45) is 2.94. The van der Waals surface area contributed by atoms with Crippen molar-refractivity contribution >= 4 is 11.8 Å². The molecule has 1 aromatic heterocycles. The predicted octanol–water partition coefficient (Wildman–Crippen LogP) is 5.26. The molecule has 0 amide bonds. The Balaban J connectivity index is 1.83. The molecule has 1 heterocycles. The van der Waals surface area contributed by atoms with E-state index in [1.54, 1.807) is 11.8 Å². The minimum absolute atomic E-state index is 0.264. The van der Waals surface area contributed by atoms with Crippen molar-refractivity contribution in [3.63, 3.8) is 0 Å². The van der Waals surface area contributed by atoms with E-state index in [0.29, 0.717) is 5.22 Å². The van der Waals surface area contributed by atoms with Gasteiger partial charge in [0.05, 0.1) is 0 Å². The van der Waals surface area contributed by atoms with Crippen molar-refractivity contribution in [2.24, 2.45) is 0 Å². The van der Waals surface area contributed by atoms with Crippen LogP contribution in [0.25, 0.3) is 22.6 Å². The van der Waals surface area contributed by atoms with Crippen molar-refractivity contribution in [2.45, 2.75) is 24.5 Å². The Morgan fingerprint density at radius 2 is 1.50 bits per heavy atom. The van der Waals surface area contributed by atoms with Crippen LogP contribution >= 0.6 is 11.8 Å². The standard InChI is InChI=1S/C20H21NO2S/c22-14-8-3-9-15-24-20-21-18(16-10-4-1-5-11-16)19(23-20)17-12-6-2-7-13-17/h1-2,4-7,10-13,22H,3,8-9,14-15H2. The highest BCUT2D eigenvalue weighted by molar-refractivity contribution is 7.99. The molecule has 0 aliphatic rings. The fourth-order valence-corrected chi connectivity index (χ4v) is 3.31. The first-order valence-electron chi connectivity index (χ1n) is 8.24. The van der Waals surface area contributed by atoms with Gasteiger partial charge in [-0.2, -0.15) is 0 Å². The third-order valence-corrected chi connectivity index (χ3v) is 4.63. The Morgan fingerprint density at radius 3 is 2.17 bits per heavy atom. The highest BCUT2D eigenvalue weighted by Crippen LogP contribution is 2.35. The fraction of sp³-hybridized carbons (Fsp3) is 0.250. The van der Waals surface area contributed by atoms with Crippen LogP contribution in [0.3, 0.4) is 0 Å². The van der Waals surface area contributed by atoms with E-state index in [1.807, 2.05) is 48.5 Å². The van der Waals surface area contributed by atoms with E-state index in [0.717, 1.165) is 47.6 Å². The monoisotopic (exact) mass is 339 g/mol. The van der Waals surface area contributed by atoms with E-state index in [2.05, 4.69) is 12.1 Å². The summed E-state index contributed by atoms with van der Waals surface area (Å²) in [5, 5.41) is 9.54. The number of hydrogen-bond donors (Lipinski definition) is 1. The van der Waals surface area contributed by atoms with Crippen LogP contribution in [-0.4, -0.2) is 22.5 Å². The number of hydrogen-bond acceptors (Lipinski definition) is 4. The van der Waals surface area contributed by atoms with Crippen molar-refractivity contribution in [1.29, 1.82) is 0 Å².